The summed E-state index contributed by atoms with van der Waals surface area (Å²) in [6.07, 6.45) is 1.62. The van der Waals surface area contributed by atoms with Gasteiger partial charge in [-0.25, -0.2) is 9.78 Å². The molecular formula is C17H15ClN4O3. The zero-order chi connectivity index (χ0) is 17.8. The van der Waals surface area contributed by atoms with E-state index < -0.39 is 17.9 Å². The molecule has 0 spiro atoms. The molecule has 8 heteroatoms. The molecule has 1 aliphatic rings. The highest BCUT2D eigenvalue weighted by Gasteiger charge is 2.35. The number of halogens is 1. The van der Waals surface area contributed by atoms with Crippen LogP contribution in [0.3, 0.4) is 0 Å². The van der Waals surface area contributed by atoms with Crippen LogP contribution in [-0.2, 0) is 20.9 Å². The molecule has 1 unspecified atom stereocenters. The summed E-state index contributed by atoms with van der Waals surface area (Å²) in [7, 11) is 0. The molecule has 0 saturated heterocycles. The van der Waals surface area contributed by atoms with Gasteiger partial charge in [0.05, 0.1) is 5.69 Å². The number of esters is 1. The Morgan fingerprint density at radius 3 is 2.64 bits per heavy atom. The lowest BCUT2D eigenvalue weighted by atomic mass is 10.1. The number of para-hydroxylation sites is 1. The van der Waals surface area contributed by atoms with Crippen molar-refractivity contribution in [2.24, 2.45) is 10.8 Å². The summed E-state index contributed by atoms with van der Waals surface area (Å²) in [5, 5.41) is 6.03. The predicted molar refractivity (Wildman–Crippen MR) is 93.0 cm³/mol. The van der Waals surface area contributed by atoms with Gasteiger partial charge in [-0.3, -0.25) is 9.80 Å². The first-order valence-electron chi connectivity index (χ1n) is 7.53. The lowest BCUT2D eigenvalue weighted by Gasteiger charge is -2.20. The van der Waals surface area contributed by atoms with E-state index in [-0.39, 0.29) is 18.7 Å². The van der Waals surface area contributed by atoms with Crippen LogP contribution in [0.4, 0.5) is 5.69 Å². The van der Waals surface area contributed by atoms with Gasteiger partial charge in [0.2, 0.25) is 5.91 Å². The highest BCUT2D eigenvalue weighted by molar-refractivity contribution is 6.38. The van der Waals surface area contributed by atoms with E-state index in [0.29, 0.717) is 16.4 Å². The normalized spacial score (nSPS) is 16.4. The fraction of sp³-hybridized carbons (Fsp3) is 0.176. The highest BCUT2D eigenvalue weighted by Crippen LogP contribution is 2.24. The zero-order valence-electron chi connectivity index (χ0n) is 13.1. The second kappa shape index (κ2) is 7.31. The van der Waals surface area contributed by atoms with Crippen molar-refractivity contribution in [2.45, 2.75) is 19.1 Å². The lowest BCUT2D eigenvalue weighted by Crippen LogP contribution is -2.39. The molecule has 2 aromatic rings. The van der Waals surface area contributed by atoms with Crippen molar-refractivity contribution in [3.63, 3.8) is 0 Å². The van der Waals surface area contributed by atoms with E-state index in [0.717, 1.165) is 0 Å². The van der Waals surface area contributed by atoms with Gasteiger partial charge in [-0.15, -0.1) is 0 Å². The molecule has 1 atom stereocenters. The molecule has 2 heterocycles. The number of rotatable bonds is 5. The molecule has 3 rings (SSSR count). The topological polar surface area (TPSA) is 97.9 Å². The highest BCUT2D eigenvalue weighted by atomic mass is 35.5. The number of primary amides is 1. The van der Waals surface area contributed by atoms with Crippen LogP contribution < -0.4 is 10.7 Å². The van der Waals surface area contributed by atoms with Crippen molar-refractivity contribution in [3.05, 3.63) is 59.4 Å². The quantitative estimate of drug-likeness (QED) is 0.650. The molecule has 0 bridgehead atoms. The van der Waals surface area contributed by atoms with Crippen molar-refractivity contribution >= 4 is 34.9 Å². The van der Waals surface area contributed by atoms with Crippen LogP contribution in [0.15, 0.2) is 53.8 Å². The first kappa shape index (κ1) is 16.9. The van der Waals surface area contributed by atoms with E-state index in [4.69, 9.17) is 22.1 Å². The molecule has 25 heavy (non-hydrogen) atoms. The summed E-state index contributed by atoms with van der Waals surface area (Å²) < 4.78 is 5.23. The number of ether oxygens (including phenoxy) is 1. The molecule has 0 saturated carbocycles. The van der Waals surface area contributed by atoms with Crippen molar-refractivity contribution < 1.29 is 14.3 Å². The Bertz CT molecular complexity index is 808. The number of hydrogen-bond donors (Lipinski definition) is 1. The molecule has 1 aliphatic heterocycles. The summed E-state index contributed by atoms with van der Waals surface area (Å²) >= 11 is 5.71. The minimum Gasteiger partial charge on any atom is -0.456 e. The van der Waals surface area contributed by atoms with Crippen LogP contribution >= 0.6 is 11.6 Å². The van der Waals surface area contributed by atoms with Gasteiger partial charge in [-0.1, -0.05) is 35.9 Å². The van der Waals surface area contributed by atoms with Crippen LogP contribution in [0.5, 0.6) is 0 Å². The second-order valence-corrected chi connectivity index (χ2v) is 5.80. The number of hydrogen-bond acceptors (Lipinski definition) is 6. The van der Waals surface area contributed by atoms with Gasteiger partial charge in [-0.2, -0.15) is 5.10 Å². The Labute approximate surface area is 149 Å². The van der Waals surface area contributed by atoms with Crippen LogP contribution in [-0.4, -0.2) is 28.6 Å². The summed E-state index contributed by atoms with van der Waals surface area (Å²) in [6.45, 7) is 0.0363. The number of carbonyl (C=O) groups excluding carboxylic acids is 2. The minimum absolute atomic E-state index is 0.0363. The molecule has 7 nitrogen and oxygen atoms in total. The predicted octanol–water partition coefficient (Wildman–Crippen LogP) is 1.90. The lowest BCUT2D eigenvalue weighted by molar-refractivity contribution is -0.136. The molecule has 0 radical (unpaired) electrons. The van der Waals surface area contributed by atoms with E-state index >= 15 is 0 Å². The number of carbonyl (C=O) groups is 2. The van der Waals surface area contributed by atoms with Crippen LogP contribution in [0.2, 0.25) is 5.15 Å². The number of amides is 1. The largest absolute Gasteiger partial charge is 0.456 e. The monoisotopic (exact) mass is 358 g/mol. The molecule has 0 aliphatic carbocycles. The Balaban J connectivity index is 1.71. The van der Waals surface area contributed by atoms with Crippen molar-refractivity contribution in [2.75, 3.05) is 5.01 Å². The maximum absolute atomic E-state index is 12.3. The number of nitrogens with zero attached hydrogens (tertiary/aromatic N) is 3. The number of aromatic nitrogens is 1. The molecule has 128 valence electrons. The SMILES string of the molecule is NC(=O)C1CC(C(=O)OCc2ccc(Cl)nc2)=NN1c1ccccc1. The fourth-order valence-corrected chi connectivity index (χ4v) is 2.51. The number of benzene rings is 1. The van der Waals surface area contributed by atoms with E-state index in [1.54, 1.807) is 24.3 Å². The maximum Gasteiger partial charge on any atom is 0.354 e. The first-order chi connectivity index (χ1) is 12.0. The molecule has 1 aromatic heterocycles. The van der Waals surface area contributed by atoms with Crippen molar-refractivity contribution in [1.82, 2.24) is 4.98 Å². The van der Waals surface area contributed by atoms with Gasteiger partial charge in [0.15, 0.2) is 0 Å². The van der Waals surface area contributed by atoms with Gasteiger partial charge in [0, 0.05) is 18.2 Å². The van der Waals surface area contributed by atoms with Gasteiger partial charge in [0.25, 0.3) is 0 Å². The summed E-state index contributed by atoms with van der Waals surface area (Å²) in [6, 6.07) is 11.6. The van der Waals surface area contributed by atoms with E-state index in [2.05, 4.69) is 10.1 Å². The Morgan fingerprint density at radius 2 is 2.00 bits per heavy atom. The molecule has 1 amide bonds. The van der Waals surface area contributed by atoms with Crippen LogP contribution in [0, 0.1) is 0 Å². The Kier molecular flexibility index (Phi) is 4.95. The maximum atomic E-state index is 12.3. The second-order valence-electron chi connectivity index (χ2n) is 5.41. The minimum atomic E-state index is -0.720. The van der Waals surface area contributed by atoms with Crippen molar-refractivity contribution in [1.29, 1.82) is 0 Å². The average Bonchev–Trinajstić information content (AvgIpc) is 3.07. The fourth-order valence-electron chi connectivity index (χ4n) is 2.40. The van der Waals surface area contributed by atoms with Crippen LogP contribution in [0.25, 0.3) is 0 Å². The smallest absolute Gasteiger partial charge is 0.354 e. The standard InChI is InChI=1S/C17H15ClN4O3/c18-15-7-6-11(9-20-15)10-25-17(24)13-8-14(16(19)23)22(21-13)12-4-2-1-3-5-12/h1-7,9,14H,8,10H2,(H2,19,23). The number of hydrazone groups is 1. The third-order valence-electron chi connectivity index (χ3n) is 3.65. The van der Waals surface area contributed by atoms with E-state index in [1.165, 1.54) is 11.2 Å². The van der Waals surface area contributed by atoms with E-state index in [9.17, 15) is 9.59 Å². The summed E-state index contributed by atoms with van der Waals surface area (Å²) in [5.74, 6) is -1.16. The molecule has 2 N–H and O–H groups in total. The van der Waals surface area contributed by atoms with Gasteiger partial charge < -0.3 is 10.5 Å². The first-order valence-corrected chi connectivity index (χ1v) is 7.91. The molecule has 0 fully saturated rings. The summed E-state index contributed by atoms with van der Waals surface area (Å²) in [4.78, 5) is 27.9. The van der Waals surface area contributed by atoms with Crippen LogP contribution in [0.1, 0.15) is 12.0 Å². The van der Waals surface area contributed by atoms with E-state index in [1.807, 2.05) is 18.2 Å². The number of anilines is 1. The molecular weight excluding hydrogens is 344 g/mol. The zero-order valence-corrected chi connectivity index (χ0v) is 13.9. The van der Waals surface area contributed by atoms with Gasteiger partial charge >= 0.3 is 5.97 Å². The van der Waals surface area contributed by atoms with Gasteiger partial charge in [0.1, 0.15) is 23.5 Å². The number of nitrogens with two attached hydrogens (primary N) is 1. The van der Waals surface area contributed by atoms with Gasteiger partial charge in [-0.05, 0) is 18.2 Å². The Hall–Kier alpha value is -2.93. The summed E-state index contributed by atoms with van der Waals surface area (Å²) in [5.41, 5.74) is 6.96. The third kappa shape index (κ3) is 3.95. The van der Waals surface area contributed by atoms with Crippen molar-refractivity contribution in [3.8, 4) is 0 Å². The Morgan fingerprint density at radius 1 is 1.24 bits per heavy atom. The number of pyridine rings is 1. The average molecular weight is 359 g/mol. The molecule has 1 aromatic carbocycles. The third-order valence-corrected chi connectivity index (χ3v) is 3.88.